The molecule has 0 atom stereocenters. The predicted octanol–water partition coefficient (Wildman–Crippen LogP) is 5.31. The van der Waals surface area contributed by atoms with Gasteiger partial charge in [0.1, 0.15) is 0 Å². The van der Waals surface area contributed by atoms with Crippen molar-refractivity contribution in [3.63, 3.8) is 0 Å². The lowest BCUT2D eigenvalue weighted by molar-refractivity contribution is -0.122. The number of ether oxygens (including phenoxy) is 2. The van der Waals surface area contributed by atoms with E-state index in [0.717, 1.165) is 53.8 Å². The minimum atomic E-state index is -0.0564. The second-order valence-electron chi connectivity index (χ2n) is 9.70. The SMILES string of the molecule is Cc1cccc(CN(C(=O)C2CCCC2)c2ccc(CC(=O)NCc3ccc4c(c3)OCO4)cc2)c1. The predicted molar refractivity (Wildman–Crippen MR) is 139 cm³/mol. The third-order valence-corrected chi connectivity index (χ3v) is 6.93. The molecule has 2 aliphatic rings. The van der Waals surface area contributed by atoms with E-state index >= 15 is 0 Å². The monoisotopic (exact) mass is 484 g/mol. The number of nitrogens with one attached hydrogen (secondary N) is 1. The number of carbonyl (C=O) groups excluding carboxylic acids is 2. The molecular weight excluding hydrogens is 452 g/mol. The second-order valence-corrected chi connectivity index (χ2v) is 9.70. The van der Waals surface area contributed by atoms with Crippen LogP contribution in [-0.4, -0.2) is 18.6 Å². The molecule has 3 aromatic carbocycles. The summed E-state index contributed by atoms with van der Waals surface area (Å²) in [6, 6.07) is 21.8. The van der Waals surface area contributed by atoms with Gasteiger partial charge in [0.05, 0.1) is 13.0 Å². The summed E-state index contributed by atoms with van der Waals surface area (Å²) in [6.45, 7) is 3.27. The largest absolute Gasteiger partial charge is 0.454 e. The van der Waals surface area contributed by atoms with Crippen molar-refractivity contribution in [3.05, 3.63) is 89.0 Å². The zero-order valence-electron chi connectivity index (χ0n) is 20.7. The van der Waals surface area contributed by atoms with E-state index in [1.807, 2.05) is 53.4 Å². The molecule has 186 valence electrons. The molecule has 5 rings (SSSR count). The number of amides is 2. The van der Waals surface area contributed by atoms with Gasteiger partial charge in [0, 0.05) is 18.2 Å². The van der Waals surface area contributed by atoms with Crippen LogP contribution < -0.4 is 19.7 Å². The van der Waals surface area contributed by atoms with Crippen molar-refractivity contribution in [2.75, 3.05) is 11.7 Å². The van der Waals surface area contributed by atoms with Crippen LogP contribution in [0.3, 0.4) is 0 Å². The quantitative estimate of drug-likeness (QED) is 0.471. The third kappa shape index (κ3) is 5.70. The van der Waals surface area contributed by atoms with Crippen LogP contribution in [0.15, 0.2) is 66.7 Å². The summed E-state index contributed by atoms with van der Waals surface area (Å²) < 4.78 is 10.7. The minimum absolute atomic E-state index is 0.0564. The molecule has 0 saturated heterocycles. The first-order chi connectivity index (χ1) is 17.5. The third-order valence-electron chi connectivity index (χ3n) is 6.93. The maximum absolute atomic E-state index is 13.4. The van der Waals surface area contributed by atoms with Gasteiger partial charge in [-0.05, 0) is 60.7 Å². The molecule has 0 aromatic heterocycles. The number of carbonyl (C=O) groups is 2. The number of hydrogen-bond donors (Lipinski definition) is 1. The molecule has 1 N–H and O–H groups in total. The summed E-state index contributed by atoms with van der Waals surface area (Å²) in [6.07, 6.45) is 4.44. The Morgan fingerprint density at radius 3 is 2.42 bits per heavy atom. The average Bonchev–Trinajstić information content (AvgIpc) is 3.58. The zero-order chi connectivity index (χ0) is 24.9. The summed E-state index contributed by atoms with van der Waals surface area (Å²) in [4.78, 5) is 27.9. The van der Waals surface area contributed by atoms with Gasteiger partial charge in [0.15, 0.2) is 11.5 Å². The molecule has 1 aliphatic carbocycles. The fraction of sp³-hybridized carbons (Fsp3) is 0.333. The number of aryl methyl sites for hydroxylation is 1. The van der Waals surface area contributed by atoms with Crippen LogP contribution in [0.5, 0.6) is 11.5 Å². The van der Waals surface area contributed by atoms with Gasteiger partial charge in [-0.1, -0.05) is 60.9 Å². The van der Waals surface area contributed by atoms with Crippen molar-refractivity contribution < 1.29 is 19.1 Å². The Labute approximate surface area is 212 Å². The first-order valence-electron chi connectivity index (χ1n) is 12.7. The van der Waals surface area contributed by atoms with Gasteiger partial charge >= 0.3 is 0 Å². The topological polar surface area (TPSA) is 67.9 Å². The molecule has 1 heterocycles. The van der Waals surface area contributed by atoms with Crippen molar-refractivity contribution >= 4 is 17.5 Å². The summed E-state index contributed by atoms with van der Waals surface area (Å²) >= 11 is 0. The molecule has 0 spiro atoms. The normalized spacial score (nSPS) is 14.6. The number of fused-ring (bicyclic) bond motifs is 1. The van der Waals surface area contributed by atoms with Crippen molar-refractivity contribution in [2.24, 2.45) is 5.92 Å². The van der Waals surface area contributed by atoms with E-state index < -0.39 is 0 Å². The maximum Gasteiger partial charge on any atom is 0.231 e. The Kier molecular flexibility index (Phi) is 7.21. The number of hydrogen-bond acceptors (Lipinski definition) is 4. The van der Waals surface area contributed by atoms with Crippen LogP contribution in [0.25, 0.3) is 0 Å². The highest BCUT2D eigenvalue weighted by molar-refractivity contribution is 5.95. The van der Waals surface area contributed by atoms with E-state index in [4.69, 9.17) is 9.47 Å². The van der Waals surface area contributed by atoms with Crippen molar-refractivity contribution in [3.8, 4) is 11.5 Å². The molecule has 6 heteroatoms. The smallest absolute Gasteiger partial charge is 0.231 e. The van der Waals surface area contributed by atoms with Crippen molar-refractivity contribution in [1.82, 2.24) is 5.32 Å². The number of benzene rings is 3. The second kappa shape index (κ2) is 10.9. The molecule has 6 nitrogen and oxygen atoms in total. The highest BCUT2D eigenvalue weighted by atomic mass is 16.7. The van der Waals surface area contributed by atoms with Crippen molar-refractivity contribution in [2.45, 2.75) is 52.1 Å². The van der Waals surface area contributed by atoms with E-state index in [2.05, 4.69) is 30.4 Å². The molecule has 2 amide bonds. The number of anilines is 1. The maximum atomic E-state index is 13.4. The van der Waals surface area contributed by atoms with Crippen LogP contribution in [0.2, 0.25) is 0 Å². The van der Waals surface area contributed by atoms with Gasteiger partial charge in [-0.15, -0.1) is 0 Å². The Bertz CT molecular complexity index is 1230. The molecule has 36 heavy (non-hydrogen) atoms. The lowest BCUT2D eigenvalue weighted by Gasteiger charge is -2.26. The van der Waals surface area contributed by atoms with Crippen LogP contribution in [0.4, 0.5) is 5.69 Å². The van der Waals surface area contributed by atoms with E-state index in [-0.39, 0.29) is 30.9 Å². The minimum Gasteiger partial charge on any atom is -0.454 e. The molecule has 1 fully saturated rings. The van der Waals surface area contributed by atoms with Gasteiger partial charge in [0.2, 0.25) is 18.6 Å². The van der Waals surface area contributed by atoms with Crippen LogP contribution >= 0.6 is 0 Å². The Balaban J connectivity index is 1.23. The average molecular weight is 485 g/mol. The summed E-state index contributed by atoms with van der Waals surface area (Å²) in [5.74, 6) is 1.67. The fourth-order valence-electron chi connectivity index (χ4n) is 4.98. The molecule has 0 bridgehead atoms. The first-order valence-corrected chi connectivity index (χ1v) is 12.7. The van der Waals surface area contributed by atoms with E-state index in [1.165, 1.54) is 5.56 Å². The van der Waals surface area contributed by atoms with E-state index in [0.29, 0.717) is 18.8 Å². The number of nitrogens with zero attached hydrogens (tertiary/aromatic N) is 1. The van der Waals surface area contributed by atoms with Gasteiger partial charge in [-0.25, -0.2) is 0 Å². The van der Waals surface area contributed by atoms with Gasteiger partial charge in [-0.3, -0.25) is 9.59 Å². The van der Waals surface area contributed by atoms with Crippen LogP contribution in [0.1, 0.15) is 47.9 Å². The van der Waals surface area contributed by atoms with E-state index in [9.17, 15) is 9.59 Å². The standard InChI is InChI=1S/C30H32N2O4/c1-21-5-4-6-24(15-21)19-32(30(34)25-7-2-3-8-25)26-12-9-22(10-13-26)17-29(33)31-18-23-11-14-27-28(16-23)36-20-35-27/h4-6,9-16,25H,2-3,7-8,17-20H2,1H3,(H,31,33). The Morgan fingerprint density at radius 2 is 1.64 bits per heavy atom. The summed E-state index contributed by atoms with van der Waals surface area (Å²) in [7, 11) is 0. The first kappa shape index (κ1) is 23.9. The van der Waals surface area contributed by atoms with E-state index in [1.54, 1.807) is 0 Å². The zero-order valence-corrected chi connectivity index (χ0v) is 20.7. The lowest BCUT2D eigenvalue weighted by Crippen LogP contribution is -2.35. The summed E-state index contributed by atoms with van der Waals surface area (Å²) in [5, 5.41) is 2.97. The van der Waals surface area contributed by atoms with Crippen LogP contribution in [0, 0.1) is 12.8 Å². The van der Waals surface area contributed by atoms with Gasteiger partial charge < -0.3 is 19.7 Å². The number of rotatable bonds is 8. The molecule has 0 radical (unpaired) electrons. The van der Waals surface area contributed by atoms with Crippen LogP contribution in [-0.2, 0) is 29.1 Å². The fourth-order valence-corrected chi connectivity index (χ4v) is 4.98. The lowest BCUT2D eigenvalue weighted by atomic mass is 10.0. The molecule has 1 aliphatic heterocycles. The Morgan fingerprint density at radius 1 is 0.889 bits per heavy atom. The molecule has 0 unspecified atom stereocenters. The highest BCUT2D eigenvalue weighted by Gasteiger charge is 2.28. The Hall–Kier alpha value is -3.80. The van der Waals surface area contributed by atoms with Crippen molar-refractivity contribution in [1.29, 1.82) is 0 Å². The van der Waals surface area contributed by atoms with Gasteiger partial charge in [0.25, 0.3) is 0 Å². The molecule has 1 saturated carbocycles. The molecular formula is C30H32N2O4. The highest BCUT2D eigenvalue weighted by Crippen LogP contribution is 2.32. The molecule has 3 aromatic rings. The van der Waals surface area contributed by atoms with Gasteiger partial charge in [-0.2, -0.15) is 0 Å². The summed E-state index contributed by atoms with van der Waals surface area (Å²) in [5.41, 5.74) is 5.04.